The molecule has 0 saturated heterocycles. The molecule has 13 heavy (non-hydrogen) atoms. The molecule has 0 aliphatic heterocycles. The van der Waals surface area contributed by atoms with E-state index in [4.69, 9.17) is 0 Å². The fourth-order valence-electron chi connectivity index (χ4n) is 0.876. The van der Waals surface area contributed by atoms with Gasteiger partial charge in [0, 0.05) is 18.9 Å². The lowest BCUT2D eigenvalue weighted by molar-refractivity contribution is 0.240. The Labute approximate surface area is 78.0 Å². The van der Waals surface area contributed by atoms with Crippen LogP contribution in [-0.2, 0) is 0 Å². The van der Waals surface area contributed by atoms with Gasteiger partial charge in [-0.05, 0) is 5.92 Å². The molecule has 0 aliphatic carbocycles. The lowest BCUT2D eigenvalue weighted by Crippen LogP contribution is -2.31. The van der Waals surface area contributed by atoms with Gasteiger partial charge in [0.05, 0.1) is 0 Å². The summed E-state index contributed by atoms with van der Waals surface area (Å²) >= 11 is 0. The first-order valence-corrected chi connectivity index (χ1v) is 4.50. The maximum absolute atomic E-state index is 11.3. The molecule has 0 bridgehead atoms. The summed E-state index contributed by atoms with van der Waals surface area (Å²) in [4.78, 5) is 15.1. The molecule has 0 radical (unpaired) electrons. The molecule has 4 nitrogen and oxygen atoms in total. The van der Waals surface area contributed by atoms with Crippen LogP contribution in [0.3, 0.4) is 0 Å². The highest BCUT2D eigenvalue weighted by Gasteiger charge is 2.04. The molecule has 72 valence electrons. The summed E-state index contributed by atoms with van der Waals surface area (Å²) in [7, 11) is 0. The van der Waals surface area contributed by atoms with E-state index in [0.717, 1.165) is 6.42 Å². The zero-order chi connectivity index (χ0) is 9.68. The van der Waals surface area contributed by atoms with E-state index in [2.05, 4.69) is 24.1 Å². The number of hydrogen-bond acceptors (Lipinski definition) is 2. The van der Waals surface area contributed by atoms with Crippen LogP contribution in [-0.4, -0.2) is 22.1 Å². The topological polar surface area (TPSA) is 46.9 Å². The predicted octanol–water partition coefficient (Wildman–Crippen LogP) is 1.49. The summed E-state index contributed by atoms with van der Waals surface area (Å²) in [6.45, 7) is 4.93. The Morgan fingerprint density at radius 2 is 2.46 bits per heavy atom. The number of imidazole rings is 1. The summed E-state index contributed by atoms with van der Waals surface area (Å²) < 4.78 is 1.43. The SMILES string of the molecule is CCC(C)CNC(=O)n1ccnc1. The highest BCUT2D eigenvalue weighted by atomic mass is 16.2. The molecule has 1 heterocycles. The van der Waals surface area contributed by atoms with Crippen molar-refractivity contribution in [1.29, 1.82) is 0 Å². The highest BCUT2D eigenvalue weighted by Crippen LogP contribution is 1.97. The van der Waals surface area contributed by atoms with Crippen LogP contribution in [0.25, 0.3) is 0 Å². The van der Waals surface area contributed by atoms with Crippen LogP contribution in [0.4, 0.5) is 4.79 Å². The van der Waals surface area contributed by atoms with Gasteiger partial charge in [-0.3, -0.25) is 4.57 Å². The Hall–Kier alpha value is -1.32. The second-order valence-corrected chi connectivity index (χ2v) is 3.17. The lowest BCUT2D eigenvalue weighted by atomic mass is 10.1. The number of nitrogens with one attached hydrogen (secondary N) is 1. The average Bonchev–Trinajstić information content (AvgIpc) is 2.66. The monoisotopic (exact) mass is 181 g/mol. The Morgan fingerprint density at radius 1 is 1.69 bits per heavy atom. The maximum Gasteiger partial charge on any atom is 0.326 e. The van der Waals surface area contributed by atoms with Gasteiger partial charge in [0.15, 0.2) is 0 Å². The Kier molecular flexibility index (Phi) is 3.49. The molecule has 0 spiro atoms. The van der Waals surface area contributed by atoms with E-state index in [0.29, 0.717) is 12.5 Å². The summed E-state index contributed by atoms with van der Waals surface area (Å²) in [6.07, 6.45) is 5.78. The van der Waals surface area contributed by atoms with Crippen LogP contribution in [0, 0.1) is 5.92 Å². The number of carbonyl (C=O) groups is 1. The van der Waals surface area contributed by atoms with Gasteiger partial charge in [-0.1, -0.05) is 20.3 Å². The number of rotatable bonds is 3. The fourth-order valence-corrected chi connectivity index (χ4v) is 0.876. The van der Waals surface area contributed by atoms with Crippen LogP contribution in [0.1, 0.15) is 20.3 Å². The second kappa shape index (κ2) is 4.64. The normalized spacial score (nSPS) is 12.5. The fraction of sp³-hybridized carbons (Fsp3) is 0.556. The summed E-state index contributed by atoms with van der Waals surface area (Å²) in [6, 6.07) is -0.113. The molecule has 1 aromatic heterocycles. The Balaban J connectivity index is 2.35. The van der Waals surface area contributed by atoms with Crippen LogP contribution < -0.4 is 5.32 Å². The molecule has 0 aliphatic rings. The van der Waals surface area contributed by atoms with Crippen molar-refractivity contribution in [1.82, 2.24) is 14.9 Å². The van der Waals surface area contributed by atoms with E-state index in [1.54, 1.807) is 12.4 Å². The van der Waals surface area contributed by atoms with Crippen LogP contribution in [0.15, 0.2) is 18.7 Å². The van der Waals surface area contributed by atoms with Crippen molar-refractivity contribution in [2.75, 3.05) is 6.54 Å². The molecule has 0 aromatic carbocycles. The van der Waals surface area contributed by atoms with Crippen LogP contribution in [0.2, 0.25) is 0 Å². The molecule has 0 fully saturated rings. The predicted molar refractivity (Wildman–Crippen MR) is 50.5 cm³/mol. The minimum Gasteiger partial charge on any atom is -0.337 e. The van der Waals surface area contributed by atoms with Crippen molar-refractivity contribution in [2.24, 2.45) is 5.92 Å². The standard InChI is InChI=1S/C9H15N3O/c1-3-8(2)6-11-9(13)12-5-4-10-7-12/h4-5,7-8H,3,6H2,1-2H3,(H,11,13). The first-order valence-electron chi connectivity index (χ1n) is 4.50. The van der Waals surface area contributed by atoms with Crippen molar-refractivity contribution in [3.63, 3.8) is 0 Å². The number of nitrogens with zero attached hydrogens (tertiary/aromatic N) is 2. The third-order valence-corrected chi connectivity index (χ3v) is 2.04. The van der Waals surface area contributed by atoms with E-state index in [9.17, 15) is 4.79 Å². The molecular weight excluding hydrogens is 166 g/mol. The van der Waals surface area contributed by atoms with Gasteiger partial charge in [-0.15, -0.1) is 0 Å². The molecular formula is C9H15N3O. The molecule has 4 heteroatoms. The zero-order valence-electron chi connectivity index (χ0n) is 8.03. The first-order chi connectivity index (χ1) is 6.24. The quantitative estimate of drug-likeness (QED) is 0.767. The van der Waals surface area contributed by atoms with E-state index in [-0.39, 0.29) is 6.03 Å². The minimum atomic E-state index is -0.113. The van der Waals surface area contributed by atoms with Crippen molar-refractivity contribution in [3.8, 4) is 0 Å². The van der Waals surface area contributed by atoms with Gasteiger partial charge in [0.25, 0.3) is 0 Å². The zero-order valence-corrected chi connectivity index (χ0v) is 8.03. The van der Waals surface area contributed by atoms with E-state index < -0.39 is 0 Å². The van der Waals surface area contributed by atoms with Gasteiger partial charge < -0.3 is 5.32 Å². The van der Waals surface area contributed by atoms with Crippen LogP contribution >= 0.6 is 0 Å². The average molecular weight is 181 g/mol. The molecule has 1 amide bonds. The second-order valence-electron chi connectivity index (χ2n) is 3.17. The maximum atomic E-state index is 11.3. The van der Waals surface area contributed by atoms with Gasteiger partial charge in [-0.2, -0.15) is 0 Å². The van der Waals surface area contributed by atoms with Crippen molar-refractivity contribution >= 4 is 6.03 Å². The van der Waals surface area contributed by atoms with Crippen molar-refractivity contribution in [3.05, 3.63) is 18.7 Å². The van der Waals surface area contributed by atoms with Gasteiger partial charge in [-0.25, -0.2) is 9.78 Å². The van der Waals surface area contributed by atoms with Gasteiger partial charge in [0.2, 0.25) is 0 Å². The molecule has 1 rings (SSSR count). The Morgan fingerprint density at radius 3 is 3.00 bits per heavy atom. The molecule has 1 N–H and O–H groups in total. The lowest BCUT2D eigenvalue weighted by Gasteiger charge is -2.09. The van der Waals surface area contributed by atoms with E-state index in [1.165, 1.54) is 10.9 Å². The van der Waals surface area contributed by atoms with Crippen molar-refractivity contribution < 1.29 is 4.79 Å². The summed E-state index contributed by atoms with van der Waals surface area (Å²) in [5.41, 5.74) is 0. The number of hydrogen-bond donors (Lipinski definition) is 1. The number of aromatic nitrogens is 2. The van der Waals surface area contributed by atoms with E-state index >= 15 is 0 Å². The summed E-state index contributed by atoms with van der Waals surface area (Å²) in [5.74, 6) is 0.521. The first kappa shape index (κ1) is 9.77. The molecule has 0 saturated carbocycles. The van der Waals surface area contributed by atoms with Gasteiger partial charge in [0.1, 0.15) is 6.33 Å². The molecule has 1 unspecified atom stereocenters. The molecule has 1 aromatic rings. The van der Waals surface area contributed by atoms with Crippen LogP contribution in [0.5, 0.6) is 0 Å². The summed E-state index contributed by atoms with van der Waals surface area (Å²) in [5, 5.41) is 2.82. The minimum absolute atomic E-state index is 0.113. The van der Waals surface area contributed by atoms with Gasteiger partial charge >= 0.3 is 6.03 Å². The highest BCUT2D eigenvalue weighted by molar-refractivity contribution is 5.76. The molecule has 1 atom stereocenters. The third-order valence-electron chi connectivity index (χ3n) is 2.04. The number of amides is 1. The van der Waals surface area contributed by atoms with E-state index in [1.807, 2.05) is 0 Å². The Bertz CT molecular complexity index is 256. The number of carbonyl (C=O) groups excluding carboxylic acids is 1. The smallest absolute Gasteiger partial charge is 0.326 e. The third kappa shape index (κ3) is 2.89. The van der Waals surface area contributed by atoms with Crippen molar-refractivity contribution in [2.45, 2.75) is 20.3 Å². The largest absolute Gasteiger partial charge is 0.337 e.